The summed E-state index contributed by atoms with van der Waals surface area (Å²) >= 11 is 7.59. The Balaban J connectivity index is 3.14. The van der Waals surface area contributed by atoms with Gasteiger partial charge in [-0.05, 0) is 45.6 Å². The summed E-state index contributed by atoms with van der Waals surface area (Å²) in [5.41, 5.74) is -0.875. The molecule has 112 valence electrons. The van der Waals surface area contributed by atoms with Crippen LogP contribution in [-0.4, -0.2) is 29.9 Å². The van der Waals surface area contributed by atoms with Gasteiger partial charge in [-0.2, -0.15) is 0 Å². The molecule has 1 atom stereocenters. The number of nitrogens with zero attached hydrogens (tertiary/aromatic N) is 1. The lowest BCUT2D eigenvalue weighted by Crippen LogP contribution is -2.47. The van der Waals surface area contributed by atoms with E-state index in [9.17, 15) is 9.59 Å². The zero-order chi connectivity index (χ0) is 15.7. The quantitative estimate of drug-likeness (QED) is 0.792. The molecule has 4 nitrogen and oxygen atoms in total. The number of thiophene rings is 1. The third kappa shape index (κ3) is 3.33. The van der Waals surface area contributed by atoms with Crippen LogP contribution >= 0.6 is 22.9 Å². The first-order valence-electron chi connectivity index (χ1n) is 6.20. The maximum atomic E-state index is 12.2. The Morgan fingerprint density at radius 1 is 1.40 bits per heavy atom. The van der Waals surface area contributed by atoms with Gasteiger partial charge in [0.25, 0.3) is 0 Å². The largest absolute Gasteiger partial charge is 0.444 e. The molecule has 1 unspecified atom stereocenters. The van der Waals surface area contributed by atoms with E-state index in [-0.39, 0.29) is 0 Å². The van der Waals surface area contributed by atoms with Gasteiger partial charge in [-0.15, -0.1) is 11.3 Å². The first kappa shape index (κ1) is 17.0. The van der Waals surface area contributed by atoms with Gasteiger partial charge in [-0.1, -0.05) is 11.6 Å². The van der Waals surface area contributed by atoms with Gasteiger partial charge in [-0.25, -0.2) is 4.79 Å². The van der Waals surface area contributed by atoms with Crippen LogP contribution in [0.25, 0.3) is 0 Å². The first-order chi connectivity index (χ1) is 9.03. The fourth-order valence-corrected chi connectivity index (χ4v) is 3.12. The predicted octanol–water partition coefficient (Wildman–Crippen LogP) is 3.99. The minimum absolute atomic E-state index is 0.514. The third-order valence-corrected chi connectivity index (χ3v) is 4.88. The highest BCUT2D eigenvalue weighted by molar-refractivity contribution is 7.11. The molecule has 0 aromatic carbocycles. The van der Waals surface area contributed by atoms with E-state index in [0.717, 1.165) is 5.56 Å². The van der Waals surface area contributed by atoms with Crippen molar-refractivity contribution in [2.45, 2.75) is 45.8 Å². The van der Waals surface area contributed by atoms with Crippen LogP contribution in [0, 0.1) is 6.92 Å². The Bertz CT molecular complexity index is 521. The van der Waals surface area contributed by atoms with Crippen molar-refractivity contribution in [2.75, 3.05) is 7.05 Å². The molecular weight excluding hydrogens is 298 g/mol. The van der Waals surface area contributed by atoms with Crippen LogP contribution in [0.1, 0.15) is 38.1 Å². The van der Waals surface area contributed by atoms with E-state index in [1.54, 1.807) is 27.7 Å². The van der Waals surface area contributed by atoms with Crippen molar-refractivity contribution in [3.63, 3.8) is 0 Å². The summed E-state index contributed by atoms with van der Waals surface area (Å²) in [6, 6.07) is 0. The van der Waals surface area contributed by atoms with E-state index in [1.165, 1.54) is 23.3 Å². The summed E-state index contributed by atoms with van der Waals surface area (Å²) < 4.78 is 5.31. The van der Waals surface area contributed by atoms with E-state index < -0.39 is 17.2 Å². The van der Waals surface area contributed by atoms with E-state index in [0.29, 0.717) is 16.2 Å². The molecule has 1 heterocycles. The molecule has 0 aliphatic heterocycles. The van der Waals surface area contributed by atoms with Crippen LogP contribution in [-0.2, 0) is 15.1 Å². The Hall–Kier alpha value is -1.07. The summed E-state index contributed by atoms with van der Waals surface area (Å²) in [5.74, 6) is 0. The lowest BCUT2D eigenvalue weighted by atomic mass is 10.00. The molecule has 20 heavy (non-hydrogen) atoms. The minimum atomic E-state index is -1.14. The van der Waals surface area contributed by atoms with Gasteiger partial charge in [0.1, 0.15) is 11.1 Å². The van der Waals surface area contributed by atoms with Gasteiger partial charge in [-0.3, -0.25) is 4.90 Å². The Labute approximate surface area is 128 Å². The molecule has 0 fully saturated rings. The number of ether oxygens (including phenoxy) is 1. The molecule has 1 amide bonds. The number of hydrogen-bond acceptors (Lipinski definition) is 4. The Morgan fingerprint density at radius 3 is 2.30 bits per heavy atom. The van der Waals surface area contributed by atoms with Gasteiger partial charge in [0.05, 0.1) is 9.90 Å². The van der Waals surface area contributed by atoms with Gasteiger partial charge < -0.3 is 9.53 Å². The maximum Gasteiger partial charge on any atom is 0.411 e. The summed E-state index contributed by atoms with van der Waals surface area (Å²) in [7, 11) is 1.54. The maximum absolute atomic E-state index is 12.2. The standard InChI is InChI=1S/C14H20ClNO3S/c1-9-7-20-11(10(9)15)14(5,8-17)16(6)12(18)19-13(2,3)4/h7-8H,1-6H3. The van der Waals surface area contributed by atoms with Gasteiger partial charge in [0, 0.05) is 7.05 Å². The minimum Gasteiger partial charge on any atom is -0.444 e. The lowest BCUT2D eigenvalue weighted by Gasteiger charge is -2.35. The summed E-state index contributed by atoms with van der Waals surface area (Å²) in [6.45, 7) is 8.85. The second-order valence-electron chi connectivity index (χ2n) is 5.87. The fourth-order valence-electron chi connectivity index (χ4n) is 1.58. The van der Waals surface area contributed by atoms with Crippen LogP contribution in [0.4, 0.5) is 4.79 Å². The molecule has 0 radical (unpaired) electrons. The molecule has 0 spiro atoms. The highest BCUT2D eigenvalue weighted by atomic mass is 35.5. The molecular formula is C14H20ClNO3S. The number of rotatable bonds is 3. The van der Waals surface area contributed by atoms with Gasteiger partial charge in [0.2, 0.25) is 0 Å². The highest BCUT2D eigenvalue weighted by Crippen LogP contribution is 2.38. The molecule has 6 heteroatoms. The number of amides is 1. The molecule has 1 aromatic rings. The second kappa shape index (κ2) is 5.74. The van der Waals surface area contributed by atoms with Crippen LogP contribution in [0.2, 0.25) is 5.02 Å². The average molecular weight is 318 g/mol. The SMILES string of the molecule is Cc1csc(C(C)(C=O)N(C)C(=O)OC(C)(C)C)c1Cl. The molecule has 1 rings (SSSR count). The number of carbonyl (C=O) groups is 2. The zero-order valence-electron chi connectivity index (χ0n) is 12.6. The van der Waals surface area contributed by atoms with Crippen molar-refractivity contribution in [2.24, 2.45) is 0 Å². The predicted molar refractivity (Wildman–Crippen MR) is 81.5 cm³/mol. The molecule has 0 aliphatic rings. The molecule has 0 aliphatic carbocycles. The monoisotopic (exact) mass is 317 g/mol. The Kier molecular flexibility index (Phi) is 4.87. The topological polar surface area (TPSA) is 46.6 Å². The van der Waals surface area contributed by atoms with Crippen LogP contribution in [0.5, 0.6) is 0 Å². The Morgan fingerprint density at radius 2 is 1.95 bits per heavy atom. The van der Waals surface area contributed by atoms with Crippen molar-refractivity contribution in [3.8, 4) is 0 Å². The van der Waals surface area contributed by atoms with Crippen LogP contribution < -0.4 is 0 Å². The number of halogens is 1. The molecule has 0 saturated heterocycles. The van der Waals surface area contributed by atoms with Gasteiger partial charge >= 0.3 is 6.09 Å². The molecule has 1 aromatic heterocycles. The summed E-state index contributed by atoms with van der Waals surface area (Å²) in [5, 5.41) is 2.38. The molecule has 0 saturated carbocycles. The van der Waals surface area contributed by atoms with Gasteiger partial charge in [0.15, 0.2) is 6.29 Å². The lowest BCUT2D eigenvalue weighted by molar-refractivity contribution is -0.117. The normalized spacial score (nSPS) is 14.6. The van der Waals surface area contributed by atoms with E-state index in [4.69, 9.17) is 16.3 Å². The van der Waals surface area contributed by atoms with E-state index >= 15 is 0 Å². The third-order valence-electron chi connectivity index (χ3n) is 2.95. The molecule has 0 N–H and O–H groups in total. The number of aldehydes is 1. The van der Waals surface area contributed by atoms with Crippen molar-refractivity contribution in [1.82, 2.24) is 4.90 Å². The van der Waals surface area contributed by atoms with E-state index in [2.05, 4.69) is 0 Å². The first-order valence-corrected chi connectivity index (χ1v) is 7.46. The van der Waals surface area contributed by atoms with Crippen molar-refractivity contribution in [1.29, 1.82) is 0 Å². The van der Waals surface area contributed by atoms with Crippen molar-refractivity contribution >= 4 is 35.3 Å². The summed E-state index contributed by atoms with van der Waals surface area (Å²) in [6.07, 6.45) is 0.155. The van der Waals surface area contributed by atoms with Crippen molar-refractivity contribution < 1.29 is 14.3 Å². The second-order valence-corrected chi connectivity index (χ2v) is 7.12. The van der Waals surface area contributed by atoms with Crippen LogP contribution in [0.15, 0.2) is 5.38 Å². The highest BCUT2D eigenvalue weighted by Gasteiger charge is 2.39. The summed E-state index contributed by atoms with van der Waals surface area (Å²) in [4.78, 5) is 25.7. The zero-order valence-corrected chi connectivity index (χ0v) is 14.2. The smallest absolute Gasteiger partial charge is 0.411 e. The van der Waals surface area contributed by atoms with Crippen molar-refractivity contribution in [3.05, 3.63) is 20.8 Å². The number of hydrogen-bond donors (Lipinski definition) is 0. The van der Waals surface area contributed by atoms with E-state index in [1.807, 2.05) is 12.3 Å². The number of carbonyl (C=O) groups excluding carboxylic acids is 2. The molecule has 0 bridgehead atoms. The number of aryl methyl sites for hydroxylation is 1. The number of likely N-dealkylation sites (N-methyl/N-ethyl adjacent to an activating group) is 1. The fraction of sp³-hybridized carbons (Fsp3) is 0.571. The average Bonchev–Trinajstić information content (AvgIpc) is 2.66. The van der Waals surface area contributed by atoms with Crippen LogP contribution in [0.3, 0.4) is 0 Å².